The number of hydrogen-bond acceptors (Lipinski definition) is 5. The molecule has 2 unspecified atom stereocenters. The van der Waals surface area contributed by atoms with Gasteiger partial charge in [0, 0.05) is 22.5 Å². The second-order valence-corrected chi connectivity index (χ2v) is 11.7. The molecule has 3 aromatic carbocycles. The third kappa shape index (κ3) is 6.56. The molecule has 0 N–H and O–H groups in total. The van der Waals surface area contributed by atoms with Crippen LogP contribution in [0.1, 0.15) is 86.3 Å². The fraction of sp³-hybridized carbons (Fsp3) is 0.389. The van der Waals surface area contributed by atoms with Gasteiger partial charge in [0.25, 0.3) is 0 Å². The number of carbonyl (C=O) groups is 4. The Labute approximate surface area is 243 Å². The predicted molar refractivity (Wildman–Crippen MR) is 160 cm³/mol. The lowest BCUT2D eigenvalue weighted by molar-refractivity contribution is -0.159. The average Bonchev–Trinajstić information content (AvgIpc) is 3.02. The molecule has 5 nitrogen and oxygen atoms in total. The van der Waals surface area contributed by atoms with Gasteiger partial charge in [-0.25, -0.2) is 0 Å². The molecule has 2 atom stereocenters. The number of esters is 1. The molecule has 0 aromatic heterocycles. The molecule has 0 radical (unpaired) electrons. The standard InChI is InChI=1S/C36H40O5/c1-4-35(2,3)33(39)32(38)30-22-11-12-23-36(30,34(40)41-24-14-17-26-15-7-5-8-16-26)29-21-13-20-28(25-29)31(37)27-18-9-6-10-19-27/h5-10,13,15-16,18-21,25,30H,4,11-12,14,17,22-24H2,1-3H3. The third-order valence-electron chi connectivity index (χ3n) is 8.67. The summed E-state index contributed by atoms with van der Waals surface area (Å²) in [4.78, 5) is 54.9. The smallest absolute Gasteiger partial charge is 0.317 e. The summed E-state index contributed by atoms with van der Waals surface area (Å²) in [6, 6.07) is 26.0. The van der Waals surface area contributed by atoms with E-state index in [1.165, 1.54) is 0 Å². The van der Waals surface area contributed by atoms with Crippen LogP contribution in [0.2, 0.25) is 0 Å². The van der Waals surface area contributed by atoms with Gasteiger partial charge in [0.05, 0.1) is 6.61 Å². The predicted octanol–water partition coefficient (Wildman–Crippen LogP) is 7.10. The molecule has 0 saturated heterocycles. The van der Waals surface area contributed by atoms with Crippen LogP contribution in [0.5, 0.6) is 0 Å². The highest BCUT2D eigenvalue weighted by Gasteiger charge is 2.55. The molecule has 1 fully saturated rings. The molecule has 0 bridgehead atoms. The molecule has 1 saturated carbocycles. The number of Topliss-reactive ketones (excluding diaryl/α,β-unsaturated/α-hetero) is 2. The van der Waals surface area contributed by atoms with E-state index in [9.17, 15) is 19.2 Å². The van der Waals surface area contributed by atoms with Crippen molar-refractivity contribution in [2.75, 3.05) is 6.61 Å². The zero-order valence-corrected chi connectivity index (χ0v) is 24.4. The van der Waals surface area contributed by atoms with Crippen LogP contribution in [-0.4, -0.2) is 29.9 Å². The highest BCUT2D eigenvalue weighted by atomic mass is 16.5. The van der Waals surface area contributed by atoms with Crippen molar-refractivity contribution in [3.05, 3.63) is 107 Å². The van der Waals surface area contributed by atoms with Crippen molar-refractivity contribution >= 4 is 23.3 Å². The number of ether oxygens (including phenoxy) is 1. The summed E-state index contributed by atoms with van der Waals surface area (Å²) < 4.78 is 5.93. The lowest BCUT2D eigenvalue weighted by atomic mass is 9.59. The first kappa shape index (κ1) is 30.1. The molecule has 1 aliphatic rings. The minimum atomic E-state index is -1.34. The number of aryl methyl sites for hydroxylation is 1. The van der Waals surface area contributed by atoms with E-state index < -0.39 is 34.3 Å². The molecular weight excluding hydrogens is 512 g/mol. The van der Waals surface area contributed by atoms with E-state index in [2.05, 4.69) is 0 Å². The van der Waals surface area contributed by atoms with Crippen LogP contribution >= 0.6 is 0 Å². The molecule has 3 aromatic rings. The van der Waals surface area contributed by atoms with Gasteiger partial charge in [0.2, 0.25) is 11.6 Å². The molecule has 0 heterocycles. The molecule has 5 heteroatoms. The van der Waals surface area contributed by atoms with Crippen LogP contribution in [0, 0.1) is 11.3 Å². The van der Waals surface area contributed by atoms with Gasteiger partial charge in [-0.3, -0.25) is 19.2 Å². The Bertz CT molecular complexity index is 1380. The van der Waals surface area contributed by atoms with Crippen molar-refractivity contribution in [2.24, 2.45) is 11.3 Å². The maximum Gasteiger partial charge on any atom is 0.317 e. The lowest BCUT2D eigenvalue weighted by Gasteiger charge is -2.42. The normalized spacial score (nSPS) is 18.9. The first-order valence-electron chi connectivity index (χ1n) is 14.7. The largest absolute Gasteiger partial charge is 0.465 e. The molecule has 1 aliphatic carbocycles. The average molecular weight is 553 g/mol. The second kappa shape index (κ2) is 13.2. The number of benzene rings is 3. The van der Waals surface area contributed by atoms with Gasteiger partial charge in [0.1, 0.15) is 5.41 Å². The van der Waals surface area contributed by atoms with Crippen molar-refractivity contribution < 1.29 is 23.9 Å². The maximum atomic E-state index is 14.2. The van der Waals surface area contributed by atoms with Gasteiger partial charge in [-0.15, -0.1) is 0 Å². The Balaban J connectivity index is 1.70. The molecule has 0 amide bonds. The van der Waals surface area contributed by atoms with Crippen molar-refractivity contribution in [2.45, 2.75) is 71.1 Å². The first-order valence-corrected chi connectivity index (χ1v) is 14.7. The Kier molecular flexibility index (Phi) is 9.69. The number of rotatable bonds is 12. The van der Waals surface area contributed by atoms with Crippen LogP contribution in [0.4, 0.5) is 0 Å². The number of ketones is 3. The highest BCUT2D eigenvalue weighted by molar-refractivity contribution is 6.40. The van der Waals surface area contributed by atoms with Crippen molar-refractivity contribution in [3.8, 4) is 0 Å². The first-order chi connectivity index (χ1) is 19.7. The van der Waals surface area contributed by atoms with Crippen LogP contribution < -0.4 is 0 Å². The summed E-state index contributed by atoms with van der Waals surface area (Å²) in [6.07, 6.45) is 4.16. The molecule has 0 aliphatic heterocycles. The van der Waals surface area contributed by atoms with Gasteiger partial charge < -0.3 is 4.74 Å². The topological polar surface area (TPSA) is 77.5 Å². The molecular formula is C36H40O5. The highest BCUT2D eigenvalue weighted by Crippen LogP contribution is 2.47. The van der Waals surface area contributed by atoms with E-state index in [0.29, 0.717) is 48.8 Å². The van der Waals surface area contributed by atoms with Crippen LogP contribution in [-0.2, 0) is 31.0 Å². The lowest BCUT2D eigenvalue weighted by Crippen LogP contribution is -2.52. The zero-order valence-electron chi connectivity index (χ0n) is 24.4. The van der Waals surface area contributed by atoms with Crippen LogP contribution in [0.3, 0.4) is 0 Å². The fourth-order valence-corrected chi connectivity index (χ4v) is 5.80. The third-order valence-corrected chi connectivity index (χ3v) is 8.67. The molecule has 41 heavy (non-hydrogen) atoms. The molecule has 0 spiro atoms. The minimum Gasteiger partial charge on any atom is -0.465 e. The monoisotopic (exact) mass is 552 g/mol. The quantitative estimate of drug-likeness (QED) is 0.104. The van der Waals surface area contributed by atoms with Crippen molar-refractivity contribution in [1.29, 1.82) is 0 Å². The summed E-state index contributed by atoms with van der Waals surface area (Å²) in [5, 5.41) is 0. The van der Waals surface area contributed by atoms with Gasteiger partial charge in [-0.1, -0.05) is 112 Å². The summed E-state index contributed by atoms with van der Waals surface area (Å²) in [5.74, 6) is -2.48. The van der Waals surface area contributed by atoms with Gasteiger partial charge in [-0.2, -0.15) is 0 Å². The van der Waals surface area contributed by atoms with Gasteiger partial charge in [0.15, 0.2) is 5.78 Å². The van der Waals surface area contributed by atoms with Crippen LogP contribution in [0.15, 0.2) is 84.9 Å². The summed E-state index contributed by atoms with van der Waals surface area (Å²) in [7, 11) is 0. The molecule has 214 valence electrons. The SMILES string of the molecule is CCC(C)(C)C(=O)C(=O)C1CCCCC1(C(=O)OCCCc1ccccc1)c1cccc(C(=O)c2ccccc2)c1. The van der Waals surface area contributed by atoms with Crippen molar-refractivity contribution in [1.82, 2.24) is 0 Å². The van der Waals surface area contributed by atoms with E-state index in [4.69, 9.17) is 4.74 Å². The van der Waals surface area contributed by atoms with Crippen molar-refractivity contribution in [3.63, 3.8) is 0 Å². The van der Waals surface area contributed by atoms with E-state index in [0.717, 1.165) is 18.4 Å². The van der Waals surface area contributed by atoms with E-state index in [1.807, 2.05) is 55.5 Å². The Morgan fingerprint density at radius 1 is 0.854 bits per heavy atom. The van der Waals surface area contributed by atoms with Crippen LogP contribution in [0.25, 0.3) is 0 Å². The van der Waals surface area contributed by atoms with Gasteiger partial charge >= 0.3 is 5.97 Å². The maximum absolute atomic E-state index is 14.2. The summed E-state index contributed by atoms with van der Waals surface area (Å²) in [6.45, 7) is 5.64. The minimum absolute atomic E-state index is 0.166. The number of hydrogen-bond donors (Lipinski definition) is 0. The van der Waals surface area contributed by atoms with E-state index >= 15 is 0 Å². The Hall–Kier alpha value is -3.86. The van der Waals surface area contributed by atoms with Gasteiger partial charge in [-0.05, 0) is 49.3 Å². The van der Waals surface area contributed by atoms with E-state index in [1.54, 1.807) is 50.2 Å². The molecule has 4 rings (SSSR count). The summed E-state index contributed by atoms with van der Waals surface area (Å²) in [5.41, 5.74) is 0.524. The Morgan fingerprint density at radius 2 is 1.51 bits per heavy atom. The Morgan fingerprint density at radius 3 is 2.20 bits per heavy atom. The fourth-order valence-electron chi connectivity index (χ4n) is 5.80. The second-order valence-electron chi connectivity index (χ2n) is 11.7. The van der Waals surface area contributed by atoms with E-state index in [-0.39, 0.29) is 12.4 Å². The summed E-state index contributed by atoms with van der Waals surface area (Å²) >= 11 is 0. The number of carbonyl (C=O) groups excluding carboxylic acids is 4. The zero-order chi connectivity index (χ0) is 29.5.